The van der Waals surface area contributed by atoms with Gasteiger partial charge in [0.15, 0.2) is 5.82 Å². The molecule has 1 aliphatic rings. The number of hydrogen-bond donors (Lipinski definition) is 2. The smallest absolute Gasteiger partial charge is 0.171 e. The summed E-state index contributed by atoms with van der Waals surface area (Å²) in [6.07, 6.45) is 9.09. The fourth-order valence-corrected chi connectivity index (χ4v) is 3.00. The predicted octanol–water partition coefficient (Wildman–Crippen LogP) is 2.09. The average Bonchev–Trinajstić information content (AvgIpc) is 2.59. The van der Waals surface area contributed by atoms with Gasteiger partial charge in [-0.25, -0.2) is 0 Å². The molecule has 0 aromatic carbocycles. The fraction of sp³-hybridized carbons (Fsp3) is 0.727. The van der Waals surface area contributed by atoms with Gasteiger partial charge in [0.05, 0.1) is 5.69 Å². The lowest BCUT2D eigenvalue weighted by Gasteiger charge is -2.28. The van der Waals surface area contributed by atoms with Crippen LogP contribution in [0.3, 0.4) is 0 Å². The molecular formula is C11H20N4S. The Kier molecular flexibility index (Phi) is 3.63. The van der Waals surface area contributed by atoms with Gasteiger partial charge in [-0.2, -0.15) is 16.9 Å². The highest BCUT2D eigenvalue weighted by Gasteiger charge is 2.21. The molecule has 1 aliphatic carbocycles. The van der Waals surface area contributed by atoms with E-state index in [1.807, 2.05) is 25.0 Å². The minimum absolute atomic E-state index is 0.542. The van der Waals surface area contributed by atoms with Gasteiger partial charge in [0.2, 0.25) is 0 Å². The molecule has 0 atom stereocenters. The minimum Gasteiger partial charge on any atom is -0.394 e. The van der Waals surface area contributed by atoms with Gasteiger partial charge >= 0.3 is 0 Å². The summed E-state index contributed by atoms with van der Waals surface area (Å²) >= 11 is 1.99. The van der Waals surface area contributed by atoms with Gasteiger partial charge in [-0.05, 0) is 31.9 Å². The molecule has 1 heterocycles. The molecule has 0 radical (unpaired) electrons. The Labute approximate surface area is 101 Å². The summed E-state index contributed by atoms with van der Waals surface area (Å²) in [4.78, 5) is 0. The lowest BCUT2D eigenvalue weighted by Crippen LogP contribution is -2.27. The maximum atomic E-state index is 5.86. The van der Waals surface area contributed by atoms with Crippen molar-refractivity contribution in [2.45, 2.75) is 37.0 Å². The highest BCUT2D eigenvalue weighted by atomic mass is 32.2. The highest BCUT2D eigenvalue weighted by Crippen LogP contribution is 2.29. The van der Waals surface area contributed by atoms with Crippen LogP contribution in [0.25, 0.3) is 0 Å². The molecule has 1 aromatic heterocycles. The topological polar surface area (TPSA) is 55.9 Å². The number of rotatable bonds is 3. The molecule has 3 N–H and O–H groups in total. The Balaban J connectivity index is 1.89. The Hall–Kier alpha value is -0.840. The summed E-state index contributed by atoms with van der Waals surface area (Å²) in [5.74, 6) is 0.843. The quantitative estimate of drug-likeness (QED) is 0.849. The van der Waals surface area contributed by atoms with Crippen LogP contribution >= 0.6 is 11.8 Å². The number of nitrogens with one attached hydrogen (secondary N) is 1. The average molecular weight is 240 g/mol. The number of nitrogens with two attached hydrogens (primary N) is 1. The van der Waals surface area contributed by atoms with Gasteiger partial charge in [-0.3, -0.25) is 4.68 Å². The molecule has 0 spiro atoms. The van der Waals surface area contributed by atoms with Gasteiger partial charge in [0, 0.05) is 24.5 Å². The summed E-state index contributed by atoms with van der Waals surface area (Å²) in [5.41, 5.74) is 6.61. The molecule has 4 nitrogen and oxygen atoms in total. The molecule has 1 saturated carbocycles. The van der Waals surface area contributed by atoms with Crippen molar-refractivity contribution in [3.05, 3.63) is 6.20 Å². The summed E-state index contributed by atoms with van der Waals surface area (Å²) in [6, 6.07) is 0.542. The van der Waals surface area contributed by atoms with Crippen LogP contribution in [0.5, 0.6) is 0 Å². The van der Waals surface area contributed by atoms with E-state index in [0.717, 1.165) is 16.8 Å². The zero-order valence-corrected chi connectivity index (χ0v) is 10.8. The van der Waals surface area contributed by atoms with Gasteiger partial charge < -0.3 is 11.1 Å². The van der Waals surface area contributed by atoms with Crippen molar-refractivity contribution in [2.75, 3.05) is 17.3 Å². The minimum atomic E-state index is 0.542. The van der Waals surface area contributed by atoms with E-state index in [9.17, 15) is 0 Å². The Morgan fingerprint density at radius 3 is 2.62 bits per heavy atom. The van der Waals surface area contributed by atoms with E-state index in [2.05, 4.69) is 16.7 Å². The van der Waals surface area contributed by atoms with Crippen molar-refractivity contribution in [1.29, 1.82) is 0 Å². The summed E-state index contributed by atoms with van der Waals surface area (Å²) in [6.45, 7) is 0. The van der Waals surface area contributed by atoms with Gasteiger partial charge in [-0.15, -0.1) is 0 Å². The van der Waals surface area contributed by atoms with Crippen molar-refractivity contribution in [2.24, 2.45) is 7.05 Å². The monoisotopic (exact) mass is 240 g/mol. The van der Waals surface area contributed by atoms with E-state index >= 15 is 0 Å². The van der Waals surface area contributed by atoms with E-state index < -0.39 is 0 Å². The van der Waals surface area contributed by atoms with Gasteiger partial charge in [0.1, 0.15) is 0 Å². The van der Waals surface area contributed by atoms with Crippen LogP contribution in [0.1, 0.15) is 25.7 Å². The molecule has 0 amide bonds. The molecule has 16 heavy (non-hydrogen) atoms. The van der Waals surface area contributed by atoms with Crippen molar-refractivity contribution in [3.8, 4) is 0 Å². The molecule has 0 saturated heterocycles. The first-order valence-corrected chi connectivity index (χ1v) is 7.06. The maximum absolute atomic E-state index is 5.86. The first kappa shape index (κ1) is 11.6. The van der Waals surface area contributed by atoms with E-state index in [0.29, 0.717) is 6.04 Å². The van der Waals surface area contributed by atoms with Crippen molar-refractivity contribution in [1.82, 2.24) is 9.78 Å². The lowest BCUT2D eigenvalue weighted by atomic mass is 9.95. The van der Waals surface area contributed by atoms with Crippen molar-refractivity contribution >= 4 is 23.3 Å². The molecule has 0 bridgehead atoms. The number of hydrogen-bond acceptors (Lipinski definition) is 4. The zero-order valence-electron chi connectivity index (χ0n) is 9.94. The largest absolute Gasteiger partial charge is 0.394 e. The van der Waals surface area contributed by atoms with E-state index in [1.165, 1.54) is 25.7 Å². The van der Waals surface area contributed by atoms with E-state index in [1.54, 1.807) is 4.68 Å². The van der Waals surface area contributed by atoms with Crippen LogP contribution in [0.2, 0.25) is 0 Å². The number of thioether (sulfide) groups is 1. The third-order valence-corrected chi connectivity index (χ3v) is 4.34. The highest BCUT2D eigenvalue weighted by molar-refractivity contribution is 7.99. The van der Waals surface area contributed by atoms with Crippen LogP contribution in [0.15, 0.2) is 6.20 Å². The van der Waals surface area contributed by atoms with Gasteiger partial charge in [-0.1, -0.05) is 0 Å². The Morgan fingerprint density at radius 1 is 1.44 bits per heavy atom. The number of aryl methyl sites for hydroxylation is 1. The summed E-state index contributed by atoms with van der Waals surface area (Å²) in [7, 11) is 1.90. The van der Waals surface area contributed by atoms with Gasteiger partial charge in [0.25, 0.3) is 0 Å². The standard InChI is InChI=1S/C11H20N4S/c1-15-7-10(12)11(14-15)13-8-3-5-9(16-2)6-4-8/h7-9H,3-6,12H2,1-2H3,(H,13,14). The molecule has 5 heteroatoms. The molecule has 0 aliphatic heterocycles. The zero-order chi connectivity index (χ0) is 11.5. The Bertz CT molecular complexity index is 342. The van der Waals surface area contributed by atoms with Crippen LogP contribution in [0, 0.1) is 0 Å². The molecule has 0 unspecified atom stereocenters. The third-order valence-electron chi connectivity index (χ3n) is 3.21. The molecular weight excluding hydrogens is 220 g/mol. The second-order valence-electron chi connectivity index (χ2n) is 4.46. The number of aromatic nitrogens is 2. The second kappa shape index (κ2) is 4.99. The van der Waals surface area contributed by atoms with Crippen LogP contribution in [-0.4, -0.2) is 27.3 Å². The first-order valence-electron chi connectivity index (χ1n) is 5.77. The fourth-order valence-electron chi connectivity index (χ4n) is 2.26. The maximum Gasteiger partial charge on any atom is 0.171 e. The number of nitrogens with zero attached hydrogens (tertiary/aromatic N) is 2. The normalized spacial score (nSPS) is 25.6. The lowest BCUT2D eigenvalue weighted by molar-refractivity contribution is 0.472. The Morgan fingerprint density at radius 2 is 2.12 bits per heavy atom. The third kappa shape index (κ3) is 2.64. The molecule has 90 valence electrons. The summed E-state index contributed by atoms with van der Waals surface area (Å²) < 4.78 is 1.76. The molecule has 2 rings (SSSR count). The first-order chi connectivity index (χ1) is 7.69. The SMILES string of the molecule is CSC1CCC(Nc2nn(C)cc2N)CC1. The van der Waals surface area contributed by atoms with Crippen LogP contribution in [-0.2, 0) is 7.05 Å². The van der Waals surface area contributed by atoms with Crippen LogP contribution < -0.4 is 11.1 Å². The van der Waals surface area contributed by atoms with E-state index in [-0.39, 0.29) is 0 Å². The molecule has 1 fully saturated rings. The summed E-state index contributed by atoms with van der Waals surface area (Å²) in [5, 5.41) is 8.61. The molecule has 1 aromatic rings. The number of nitrogen functional groups attached to an aromatic ring is 1. The predicted molar refractivity (Wildman–Crippen MR) is 70.8 cm³/mol. The van der Waals surface area contributed by atoms with Crippen molar-refractivity contribution in [3.63, 3.8) is 0 Å². The van der Waals surface area contributed by atoms with E-state index in [4.69, 9.17) is 5.73 Å². The number of anilines is 2. The van der Waals surface area contributed by atoms with Crippen LogP contribution in [0.4, 0.5) is 11.5 Å². The van der Waals surface area contributed by atoms with Crippen molar-refractivity contribution < 1.29 is 0 Å². The second-order valence-corrected chi connectivity index (χ2v) is 5.60.